The molecule has 0 radical (unpaired) electrons. The summed E-state index contributed by atoms with van der Waals surface area (Å²) >= 11 is 1.50. The third kappa shape index (κ3) is 2.32. The minimum Gasteiger partial charge on any atom is -0.379 e. The number of aliphatic hydroxyl groups excluding tert-OH is 1. The highest BCUT2D eigenvalue weighted by Gasteiger charge is 2.42. The van der Waals surface area contributed by atoms with Gasteiger partial charge in [-0.25, -0.2) is 4.98 Å². The van der Waals surface area contributed by atoms with Crippen molar-refractivity contribution < 1.29 is 22.7 Å². The SMILES string of the molecule is OC(c1c(I)ccnc1F)C(F)(F)F. The number of aromatic nitrogens is 1. The van der Waals surface area contributed by atoms with E-state index in [1.165, 1.54) is 28.7 Å². The zero-order chi connectivity index (χ0) is 10.9. The monoisotopic (exact) mass is 321 g/mol. The summed E-state index contributed by atoms with van der Waals surface area (Å²) in [7, 11) is 0. The Bertz CT molecular complexity index is 321. The Balaban J connectivity index is 3.19. The molecular weight excluding hydrogens is 317 g/mol. The molecule has 1 aromatic heterocycles. The maximum absolute atomic E-state index is 12.9. The Morgan fingerprint density at radius 1 is 1.43 bits per heavy atom. The quantitative estimate of drug-likeness (QED) is 0.490. The summed E-state index contributed by atoms with van der Waals surface area (Å²) in [6.45, 7) is 0. The molecule has 0 aliphatic rings. The second-order valence-corrected chi connectivity index (χ2v) is 3.60. The van der Waals surface area contributed by atoms with Gasteiger partial charge in [0.1, 0.15) is 0 Å². The van der Waals surface area contributed by atoms with E-state index >= 15 is 0 Å². The van der Waals surface area contributed by atoms with Gasteiger partial charge in [0.2, 0.25) is 5.95 Å². The van der Waals surface area contributed by atoms with Crippen LogP contribution in [-0.4, -0.2) is 16.3 Å². The highest BCUT2D eigenvalue weighted by molar-refractivity contribution is 14.1. The van der Waals surface area contributed by atoms with E-state index in [0.29, 0.717) is 0 Å². The average Bonchev–Trinajstić information content (AvgIpc) is 2.01. The Hall–Kier alpha value is -0.440. The fourth-order valence-electron chi connectivity index (χ4n) is 0.833. The van der Waals surface area contributed by atoms with Crippen molar-refractivity contribution in [2.75, 3.05) is 0 Å². The number of aliphatic hydroxyl groups is 1. The Morgan fingerprint density at radius 2 is 2.00 bits per heavy atom. The predicted molar refractivity (Wildman–Crippen MR) is 47.9 cm³/mol. The standard InChI is InChI=1S/C7H4F4INO/c8-6-4(3(12)1-2-13-6)5(14)7(9,10)11/h1-2,5,14H. The first-order valence-corrected chi connectivity index (χ1v) is 4.46. The molecule has 1 atom stereocenters. The average molecular weight is 321 g/mol. The van der Waals surface area contributed by atoms with Crippen LogP contribution >= 0.6 is 22.6 Å². The van der Waals surface area contributed by atoms with E-state index in [1.807, 2.05) is 0 Å². The fraction of sp³-hybridized carbons (Fsp3) is 0.286. The smallest absolute Gasteiger partial charge is 0.379 e. The van der Waals surface area contributed by atoms with Crippen molar-refractivity contribution in [1.29, 1.82) is 0 Å². The molecule has 1 aromatic rings. The van der Waals surface area contributed by atoms with Gasteiger partial charge >= 0.3 is 6.18 Å². The molecule has 0 aromatic carbocycles. The molecule has 7 heteroatoms. The van der Waals surface area contributed by atoms with Crippen molar-refractivity contribution in [3.63, 3.8) is 0 Å². The van der Waals surface area contributed by atoms with E-state index in [2.05, 4.69) is 4.98 Å². The van der Waals surface area contributed by atoms with Crippen LogP contribution in [-0.2, 0) is 0 Å². The largest absolute Gasteiger partial charge is 0.418 e. The van der Waals surface area contributed by atoms with Gasteiger partial charge in [0.25, 0.3) is 0 Å². The first-order chi connectivity index (χ1) is 6.34. The molecule has 0 saturated heterocycles. The van der Waals surface area contributed by atoms with Crippen molar-refractivity contribution >= 4 is 22.6 Å². The van der Waals surface area contributed by atoms with Crippen LogP contribution in [0.4, 0.5) is 17.6 Å². The normalized spacial score (nSPS) is 14.1. The zero-order valence-corrected chi connectivity index (χ0v) is 8.67. The van der Waals surface area contributed by atoms with E-state index in [4.69, 9.17) is 5.11 Å². The number of halogens is 5. The fourth-order valence-corrected chi connectivity index (χ4v) is 1.51. The molecule has 0 aliphatic heterocycles. The molecule has 0 saturated carbocycles. The van der Waals surface area contributed by atoms with Crippen LogP contribution in [0.3, 0.4) is 0 Å². The minimum absolute atomic E-state index is 0.0140. The van der Waals surface area contributed by atoms with Crippen LogP contribution in [0.15, 0.2) is 12.3 Å². The Labute approximate surface area is 90.1 Å². The third-order valence-electron chi connectivity index (χ3n) is 1.47. The van der Waals surface area contributed by atoms with Crippen molar-refractivity contribution in [1.82, 2.24) is 4.98 Å². The van der Waals surface area contributed by atoms with Gasteiger partial charge in [-0.05, 0) is 28.7 Å². The minimum atomic E-state index is -4.89. The van der Waals surface area contributed by atoms with Gasteiger partial charge in [-0.3, -0.25) is 0 Å². The van der Waals surface area contributed by atoms with E-state index in [1.54, 1.807) is 0 Å². The molecule has 0 bridgehead atoms. The summed E-state index contributed by atoms with van der Waals surface area (Å²) in [6, 6.07) is 1.19. The Morgan fingerprint density at radius 3 is 2.43 bits per heavy atom. The second kappa shape index (κ2) is 3.97. The summed E-state index contributed by atoms with van der Waals surface area (Å²) in [5, 5.41) is 8.81. The molecular formula is C7H4F4INO. The maximum Gasteiger partial charge on any atom is 0.418 e. The van der Waals surface area contributed by atoms with Crippen LogP contribution < -0.4 is 0 Å². The topological polar surface area (TPSA) is 33.1 Å². The van der Waals surface area contributed by atoms with Gasteiger partial charge in [-0.2, -0.15) is 17.6 Å². The summed E-state index contributed by atoms with van der Waals surface area (Å²) in [4.78, 5) is 3.04. The van der Waals surface area contributed by atoms with E-state index in [0.717, 1.165) is 6.20 Å². The lowest BCUT2D eigenvalue weighted by atomic mass is 10.1. The van der Waals surface area contributed by atoms with Crippen molar-refractivity contribution in [2.24, 2.45) is 0 Å². The third-order valence-corrected chi connectivity index (χ3v) is 2.41. The number of hydrogen-bond donors (Lipinski definition) is 1. The van der Waals surface area contributed by atoms with Crippen LogP contribution in [0.25, 0.3) is 0 Å². The van der Waals surface area contributed by atoms with Gasteiger partial charge < -0.3 is 5.11 Å². The molecule has 0 spiro atoms. The molecule has 2 nitrogen and oxygen atoms in total. The summed E-state index contributed by atoms with van der Waals surface area (Å²) in [6.07, 6.45) is -6.68. The molecule has 14 heavy (non-hydrogen) atoms. The predicted octanol–water partition coefficient (Wildman–Crippen LogP) is 2.42. The number of alkyl halides is 3. The maximum atomic E-state index is 12.9. The van der Waals surface area contributed by atoms with Gasteiger partial charge in [-0.15, -0.1) is 0 Å². The van der Waals surface area contributed by atoms with Crippen LogP contribution in [0, 0.1) is 9.52 Å². The van der Waals surface area contributed by atoms with E-state index in [9.17, 15) is 17.6 Å². The number of hydrogen-bond acceptors (Lipinski definition) is 2. The molecule has 1 rings (SSSR count). The highest BCUT2D eigenvalue weighted by Crippen LogP contribution is 2.35. The molecule has 0 amide bonds. The number of pyridine rings is 1. The van der Waals surface area contributed by atoms with Crippen LogP contribution in [0.5, 0.6) is 0 Å². The summed E-state index contributed by atoms with van der Waals surface area (Å²) < 4.78 is 49.0. The summed E-state index contributed by atoms with van der Waals surface area (Å²) in [5.41, 5.74) is -0.833. The van der Waals surface area contributed by atoms with E-state index < -0.39 is 23.8 Å². The highest BCUT2D eigenvalue weighted by atomic mass is 127. The second-order valence-electron chi connectivity index (χ2n) is 2.44. The Kier molecular flexibility index (Phi) is 3.30. The number of nitrogens with zero attached hydrogens (tertiary/aromatic N) is 1. The van der Waals surface area contributed by atoms with Gasteiger partial charge in [-0.1, -0.05) is 0 Å². The van der Waals surface area contributed by atoms with Crippen molar-refractivity contribution in [3.05, 3.63) is 27.3 Å². The molecule has 0 aliphatic carbocycles. The van der Waals surface area contributed by atoms with Crippen LogP contribution in [0.2, 0.25) is 0 Å². The van der Waals surface area contributed by atoms with E-state index in [-0.39, 0.29) is 3.57 Å². The number of rotatable bonds is 1. The molecule has 1 heterocycles. The lowest BCUT2D eigenvalue weighted by Gasteiger charge is -2.15. The van der Waals surface area contributed by atoms with Crippen molar-refractivity contribution in [3.8, 4) is 0 Å². The van der Waals surface area contributed by atoms with Gasteiger partial charge in [0, 0.05) is 9.77 Å². The summed E-state index contributed by atoms with van der Waals surface area (Å²) in [5.74, 6) is -1.30. The van der Waals surface area contributed by atoms with Crippen LogP contribution in [0.1, 0.15) is 11.7 Å². The van der Waals surface area contributed by atoms with Crippen molar-refractivity contribution in [2.45, 2.75) is 12.3 Å². The zero-order valence-electron chi connectivity index (χ0n) is 6.52. The molecule has 1 N–H and O–H groups in total. The van der Waals surface area contributed by atoms with Gasteiger partial charge in [0.15, 0.2) is 6.10 Å². The lowest BCUT2D eigenvalue weighted by Crippen LogP contribution is -2.22. The molecule has 1 unspecified atom stereocenters. The van der Waals surface area contributed by atoms with Gasteiger partial charge in [0.05, 0.1) is 5.56 Å². The lowest BCUT2D eigenvalue weighted by molar-refractivity contribution is -0.207. The first kappa shape index (κ1) is 11.6. The molecule has 0 fully saturated rings. The first-order valence-electron chi connectivity index (χ1n) is 3.38. The molecule has 78 valence electrons.